The van der Waals surface area contributed by atoms with Crippen molar-refractivity contribution >= 4 is 26.6 Å². The van der Waals surface area contributed by atoms with Crippen LogP contribution in [0.4, 0.5) is 5.69 Å². The minimum Gasteiger partial charge on any atom is -0.385 e. The van der Waals surface area contributed by atoms with Crippen molar-refractivity contribution in [1.82, 2.24) is 0 Å². The van der Waals surface area contributed by atoms with Crippen molar-refractivity contribution in [3.63, 3.8) is 0 Å². The van der Waals surface area contributed by atoms with Gasteiger partial charge in [0.25, 0.3) is 0 Å². The lowest BCUT2D eigenvalue weighted by Gasteiger charge is -2.08. The molecule has 0 spiro atoms. The van der Waals surface area contributed by atoms with Crippen molar-refractivity contribution in [2.45, 2.75) is 64.0 Å². The zero-order valence-corrected chi connectivity index (χ0v) is 17.6. The fraction of sp³-hybridized carbons (Fsp3) is 0.684. The molecule has 1 aromatic carbocycles. The van der Waals surface area contributed by atoms with Crippen LogP contribution in [0, 0.1) is 0 Å². The van der Waals surface area contributed by atoms with Crippen molar-refractivity contribution in [2.75, 3.05) is 23.4 Å². The van der Waals surface area contributed by atoms with Gasteiger partial charge in [0, 0.05) is 12.2 Å². The highest BCUT2D eigenvalue weighted by molar-refractivity contribution is 7.91. The second-order valence-electron chi connectivity index (χ2n) is 6.94. The number of hydrogen-bond donors (Lipinski definition) is 2. The average molecular weight is 404 g/mol. The fourth-order valence-corrected chi connectivity index (χ4v) is 4.09. The van der Waals surface area contributed by atoms with Gasteiger partial charge in [0.15, 0.2) is 20.9 Å². The Bertz CT molecular complexity index is 627. The molecule has 0 aliphatic rings. The Kier molecular flexibility index (Phi) is 11.1. The third kappa shape index (κ3) is 10.3. The lowest BCUT2D eigenvalue weighted by Crippen LogP contribution is -2.17. The Balaban J connectivity index is 2.11. The first-order chi connectivity index (χ1) is 12.3. The summed E-state index contributed by atoms with van der Waals surface area (Å²) in [4.78, 5) is 0. The smallest absolute Gasteiger partial charge is 0.152 e. The van der Waals surface area contributed by atoms with Gasteiger partial charge in [-0.25, -0.2) is 12.6 Å². The van der Waals surface area contributed by atoms with E-state index in [0.29, 0.717) is 24.5 Å². The predicted octanol–water partition coefficient (Wildman–Crippen LogP) is 4.03. The fourth-order valence-electron chi connectivity index (χ4n) is 2.62. The predicted molar refractivity (Wildman–Crippen MR) is 111 cm³/mol. The zero-order chi connectivity index (χ0) is 19.4. The molecular formula is C19H33NO4S2. The van der Waals surface area contributed by atoms with Gasteiger partial charge in [0.2, 0.25) is 0 Å². The van der Waals surface area contributed by atoms with E-state index in [1.54, 1.807) is 13.8 Å². The molecular weight excluding hydrogens is 370 g/mol. The van der Waals surface area contributed by atoms with E-state index in [2.05, 4.69) is 17.4 Å². The largest absolute Gasteiger partial charge is 0.385 e. The molecule has 0 aliphatic heterocycles. The average Bonchev–Trinajstić information content (AvgIpc) is 2.58. The molecule has 0 saturated carbocycles. The standard InChI is InChI=1S/C19H33NO4S2/c1-17(2)26(23,24)16-7-5-3-4-6-9-18-10-12-19(13-11-18)20-14-8-15-25(21)22/h10-13,17,20H,3-9,14-16H2,1-2H3,(H,21,22). The van der Waals surface area contributed by atoms with Crippen LogP contribution in [0.2, 0.25) is 0 Å². The molecule has 0 bridgehead atoms. The van der Waals surface area contributed by atoms with Gasteiger partial charge in [-0.2, -0.15) is 0 Å². The van der Waals surface area contributed by atoms with Crippen LogP contribution < -0.4 is 5.32 Å². The van der Waals surface area contributed by atoms with Crippen molar-refractivity contribution < 1.29 is 17.2 Å². The summed E-state index contributed by atoms with van der Waals surface area (Å²) < 4.78 is 42.7. The zero-order valence-electron chi connectivity index (χ0n) is 15.9. The molecule has 5 nitrogen and oxygen atoms in total. The van der Waals surface area contributed by atoms with Crippen LogP contribution in [0.1, 0.15) is 57.9 Å². The minimum atomic E-state index is -2.88. The molecule has 0 aliphatic carbocycles. The van der Waals surface area contributed by atoms with Crippen LogP contribution in [-0.4, -0.2) is 40.5 Å². The third-order valence-corrected chi connectivity index (χ3v) is 7.32. The Hall–Kier alpha value is -0.920. The number of rotatable bonds is 14. The Morgan fingerprint density at radius 3 is 2.23 bits per heavy atom. The number of anilines is 1. The maximum atomic E-state index is 11.7. The monoisotopic (exact) mass is 403 g/mol. The second kappa shape index (κ2) is 12.5. The quantitative estimate of drug-likeness (QED) is 0.362. The molecule has 0 saturated heterocycles. The molecule has 1 atom stereocenters. The molecule has 0 fully saturated rings. The summed E-state index contributed by atoms with van der Waals surface area (Å²) in [7, 11) is -2.88. The molecule has 0 aromatic heterocycles. The highest BCUT2D eigenvalue weighted by Crippen LogP contribution is 2.14. The number of unbranched alkanes of at least 4 members (excludes halogenated alkanes) is 4. The molecule has 26 heavy (non-hydrogen) atoms. The van der Waals surface area contributed by atoms with Gasteiger partial charge in [-0.1, -0.05) is 31.4 Å². The van der Waals surface area contributed by atoms with Crippen molar-refractivity contribution in [3.05, 3.63) is 29.8 Å². The van der Waals surface area contributed by atoms with Crippen LogP contribution in [0.25, 0.3) is 0 Å². The van der Waals surface area contributed by atoms with Crippen LogP contribution in [0.3, 0.4) is 0 Å². The van der Waals surface area contributed by atoms with Crippen molar-refractivity contribution in [2.24, 2.45) is 0 Å². The van der Waals surface area contributed by atoms with Crippen molar-refractivity contribution in [1.29, 1.82) is 0 Å². The molecule has 1 unspecified atom stereocenters. The van der Waals surface area contributed by atoms with Gasteiger partial charge in [-0.3, -0.25) is 0 Å². The van der Waals surface area contributed by atoms with E-state index in [4.69, 9.17) is 4.55 Å². The maximum Gasteiger partial charge on any atom is 0.152 e. The summed E-state index contributed by atoms with van der Waals surface area (Å²) in [6.45, 7) is 4.18. The number of sulfone groups is 1. The molecule has 1 rings (SSSR count). The molecule has 0 radical (unpaired) electrons. The van der Waals surface area contributed by atoms with E-state index >= 15 is 0 Å². The van der Waals surface area contributed by atoms with Gasteiger partial charge in [-0.05, 0) is 57.2 Å². The summed E-state index contributed by atoms with van der Waals surface area (Å²) in [5.74, 6) is 0.613. The first-order valence-electron chi connectivity index (χ1n) is 9.43. The lowest BCUT2D eigenvalue weighted by atomic mass is 10.1. The first-order valence-corrected chi connectivity index (χ1v) is 12.4. The molecule has 150 valence electrons. The SMILES string of the molecule is CC(C)S(=O)(=O)CCCCCCCc1ccc(NCCCS(=O)O)cc1. The molecule has 1 aromatic rings. The van der Waals surface area contributed by atoms with E-state index in [0.717, 1.165) is 44.2 Å². The van der Waals surface area contributed by atoms with Crippen LogP contribution >= 0.6 is 0 Å². The van der Waals surface area contributed by atoms with Gasteiger partial charge in [0.1, 0.15) is 0 Å². The van der Waals surface area contributed by atoms with Crippen LogP contribution in [0.5, 0.6) is 0 Å². The van der Waals surface area contributed by atoms with E-state index < -0.39 is 20.9 Å². The van der Waals surface area contributed by atoms with Gasteiger partial charge < -0.3 is 9.87 Å². The normalized spacial score (nSPS) is 13.1. The highest BCUT2D eigenvalue weighted by atomic mass is 32.2. The minimum absolute atomic E-state index is 0.265. The maximum absolute atomic E-state index is 11.7. The summed E-state index contributed by atoms with van der Waals surface area (Å²) in [6, 6.07) is 8.31. The number of hydrogen-bond acceptors (Lipinski definition) is 4. The molecule has 0 amide bonds. The summed E-state index contributed by atoms with van der Waals surface area (Å²) in [6.07, 6.45) is 6.78. The molecule has 7 heteroatoms. The van der Waals surface area contributed by atoms with Gasteiger partial charge in [0.05, 0.1) is 16.8 Å². The van der Waals surface area contributed by atoms with E-state index in [1.165, 1.54) is 5.56 Å². The lowest BCUT2D eigenvalue weighted by molar-refractivity contribution is 0.562. The summed E-state index contributed by atoms with van der Waals surface area (Å²) in [5, 5.41) is 2.98. The van der Waals surface area contributed by atoms with Crippen LogP contribution in [0.15, 0.2) is 24.3 Å². The number of aryl methyl sites for hydroxylation is 1. The van der Waals surface area contributed by atoms with E-state index in [9.17, 15) is 12.6 Å². The summed E-state index contributed by atoms with van der Waals surface area (Å²) >= 11 is -1.71. The van der Waals surface area contributed by atoms with Gasteiger partial charge >= 0.3 is 0 Å². The van der Waals surface area contributed by atoms with Crippen molar-refractivity contribution in [3.8, 4) is 0 Å². The topological polar surface area (TPSA) is 83.5 Å². The Morgan fingerprint density at radius 1 is 1.00 bits per heavy atom. The highest BCUT2D eigenvalue weighted by Gasteiger charge is 2.14. The first kappa shape index (κ1) is 23.1. The van der Waals surface area contributed by atoms with E-state index in [-0.39, 0.29) is 5.25 Å². The Labute approximate surface area is 161 Å². The van der Waals surface area contributed by atoms with Crippen LogP contribution in [-0.2, 0) is 27.3 Å². The molecule has 0 heterocycles. The Morgan fingerprint density at radius 2 is 1.62 bits per heavy atom. The second-order valence-corrected chi connectivity index (χ2v) is 10.7. The third-order valence-electron chi connectivity index (χ3n) is 4.39. The van der Waals surface area contributed by atoms with Gasteiger partial charge in [-0.15, -0.1) is 0 Å². The number of benzene rings is 1. The summed E-state index contributed by atoms with van der Waals surface area (Å²) in [5.41, 5.74) is 2.33. The van der Waals surface area contributed by atoms with E-state index in [1.807, 2.05) is 12.1 Å². The molecule has 2 N–H and O–H groups in total. The number of nitrogens with one attached hydrogen (secondary N) is 1.